The van der Waals surface area contributed by atoms with Crippen LogP contribution in [0.25, 0.3) is 0 Å². The van der Waals surface area contributed by atoms with Crippen LogP contribution in [0.5, 0.6) is 0 Å². The zero-order valence-corrected chi connectivity index (χ0v) is 11.8. The number of nitrogens with one attached hydrogen (secondary N) is 1. The summed E-state index contributed by atoms with van der Waals surface area (Å²) in [5.74, 6) is 1.03. The first-order chi connectivity index (χ1) is 8.66. The standard InChI is InChI=1S/C13H25N5/c1-11(2)18-13(15-10-16-18)8-14-12(3)9-17-6-4-5-7-17/h10-12,14H,4-9H2,1-3H3. The van der Waals surface area contributed by atoms with Crippen LogP contribution in [0, 0.1) is 0 Å². The molecule has 1 saturated heterocycles. The second kappa shape index (κ2) is 6.29. The Balaban J connectivity index is 1.77. The van der Waals surface area contributed by atoms with Crippen molar-refractivity contribution in [2.75, 3.05) is 19.6 Å². The molecular formula is C13H25N5. The molecule has 5 heteroatoms. The van der Waals surface area contributed by atoms with E-state index in [0.29, 0.717) is 12.1 Å². The van der Waals surface area contributed by atoms with Gasteiger partial charge in [-0.3, -0.25) is 0 Å². The molecule has 0 spiro atoms. The summed E-state index contributed by atoms with van der Waals surface area (Å²) in [6, 6.07) is 0.874. The molecule has 1 aliphatic heterocycles. The molecule has 0 bridgehead atoms. The lowest BCUT2D eigenvalue weighted by molar-refractivity contribution is 0.296. The molecule has 2 rings (SSSR count). The SMILES string of the molecule is CC(CN1CCCC1)NCc1ncnn1C(C)C. The Hall–Kier alpha value is -0.940. The van der Waals surface area contributed by atoms with Crippen molar-refractivity contribution in [3.8, 4) is 0 Å². The van der Waals surface area contributed by atoms with Gasteiger partial charge in [-0.15, -0.1) is 0 Å². The maximum Gasteiger partial charge on any atom is 0.141 e. The average molecular weight is 251 g/mol. The first-order valence-corrected chi connectivity index (χ1v) is 7.01. The van der Waals surface area contributed by atoms with Gasteiger partial charge < -0.3 is 10.2 Å². The van der Waals surface area contributed by atoms with Crippen molar-refractivity contribution in [2.45, 2.75) is 52.2 Å². The van der Waals surface area contributed by atoms with Crippen molar-refractivity contribution in [1.29, 1.82) is 0 Å². The molecule has 1 atom stereocenters. The minimum absolute atomic E-state index is 0.373. The van der Waals surface area contributed by atoms with Gasteiger partial charge in [0.25, 0.3) is 0 Å². The van der Waals surface area contributed by atoms with Gasteiger partial charge in [-0.2, -0.15) is 5.10 Å². The fourth-order valence-electron chi connectivity index (χ4n) is 2.51. The highest BCUT2D eigenvalue weighted by atomic mass is 15.4. The van der Waals surface area contributed by atoms with Crippen molar-refractivity contribution in [3.05, 3.63) is 12.2 Å². The lowest BCUT2D eigenvalue weighted by atomic mass is 10.3. The molecule has 2 heterocycles. The van der Waals surface area contributed by atoms with E-state index in [1.54, 1.807) is 6.33 Å². The molecule has 0 saturated carbocycles. The Morgan fingerprint density at radius 2 is 2.00 bits per heavy atom. The maximum atomic E-state index is 4.32. The number of hydrogen-bond donors (Lipinski definition) is 1. The summed E-state index contributed by atoms with van der Waals surface area (Å²) in [7, 11) is 0. The Kier molecular flexibility index (Phi) is 4.72. The van der Waals surface area contributed by atoms with E-state index in [-0.39, 0.29) is 0 Å². The largest absolute Gasteiger partial charge is 0.306 e. The van der Waals surface area contributed by atoms with E-state index in [1.165, 1.54) is 25.9 Å². The Labute approximate surface area is 110 Å². The molecule has 18 heavy (non-hydrogen) atoms. The van der Waals surface area contributed by atoms with Crippen LogP contribution in [-0.2, 0) is 6.54 Å². The van der Waals surface area contributed by atoms with E-state index in [9.17, 15) is 0 Å². The molecule has 1 aromatic rings. The van der Waals surface area contributed by atoms with Crippen LogP contribution in [0.4, 0.5) is 0 Å². The van der Waals surface area contributed by atoms with E-state index >= 15 is 0 Å². The number of aromatic nitrogens is 3. The molecule has 1 fully saturated rings. The van der Waals surface area contributed by atoms with Crippen LogP contribution < -0.4 is 5.32 Å². The minimum Gasteiger partial charge on any atom is -0.306 e. The third-order valence-corrected chi connectivity index (χ3v) is 3.48. The quantitative estimate of drug-likeness (QED) is 0.831. The number of rotatable bonds is 6. The fraction of sp³-hybridized carbons (Fsp3) is 0.846. The van der Waals surface area contributed by atoms with Crippen LogP contribution >= 0.6 is 0 Å². The van der Waals surface area contributed by atoms with Crippen molar-refractivity contribution in [3.63, 3.8) is 0 Å². The summed E-state index contributed by atoms with van der Waals surface area (Å²) in [6.07, 6.45) is 4.35. The third-order valence-electron chi connectivity index (χ3n) is 3.48. The van der Waals surface area contributed by atoms with E-state index in [0.717, 1.165) is 18.9 Å². The predicted octanol–water partition coefficient (Wildman–Crippen LogP) is 1.43. The number of likely N-dealkylation sites (tertiary alicyclic amines) is 1. The second-order valence-corrected chi connectivity index (χ2v) is 5.50. The summed E-state index contributed by atoms with van der Waals surface area (Å²) in [5.41, 5.74) is 0. The van der Waals surface area contributed by atoms with Gasteiger partial charge in [-0.1, -0.05) is 0 Å². The molecular weight excluding hydrogens is 226 g/mol. The zero-order chi connectivity index (χ0) is 13.0. The van der Waals surface area contributed by atoms with Gasteiger partial charge in [0, 0.05) is 18.6 Å². The first kappa shape index (κ1) is 13.5. The Bertz CT molecular complexity index is 354. The van der Waals surface area contributed by atoms with Gasteiger partial charge in [0.05, 0.1) is 6.54 Å². The lowest BCUT2D eigenvalue weighted by Gasteiger charge is -2.21. The van der Waals surface area contributed by atoms with Gasteiger partial charge in [-0.25, -0.2) is 9.67 Å². The van der Waals surface area contributed by atoms with E-state index in [2.05, 4.69) is 41.1 Å². The molecule has 5 nitrogen and oxygen atoms in total. The molecule has 102 valence electrons. The topological polar surface area (TPSA) is 46.0 Å². The van der Waals surface area contributed by atoms with Crippen molar-refractivity contribution >= 4 is 0 Å². The highest BCUT2D eigenvalue weighted by Gasteiger charge is 2.15. The second-order valence-electron chi connectivity index (χ2n) is 5.50. The van der Waals surface area contributed by atoms with Crippen LogP contribution in [-0.4, -0.2) is 45.3 Å². The van der Waals surface area contributed by atoms with Crippen molar-refractivity contribution < 1.29 is 0 Å². The monoisotopic (exact) mass is 251 g/mol. The normalized spacial score (nSPS) is 18.7. The average Bonchev–Trinajstić information content (AvgIpc) is 2.96. The molecule has 0 radical (unpaired) electrons. The van der Waals surface area contributed by atoms with Crippen molar-refractivity contribution in [1.82, 2.24) is 25.0 Å². The zero-order valence-electron chi connectivity index (χ0n) is 11.8. The molecule has 1 aliphatic rings. The third kappa shape index (κ3) is 3.53. The van der Waals surface area contributed by atoms with Crippen LogP contribution in [0.1, 0.15) is 45.5 Å². The fourth-order valence-corrected chi connectivity index (χ4v) is 2.51. The van der Waals surface area contributed by atoms with Gasteiger partial charge in [0.2, 0.25) is 0 Å². The van der Waals surface area contributed by atoms with Crippen LogP contribution in [0.15, 0.2) is 6.33 Å². The Morgan fingerprint density at radius 1 is 1.28 bits per heavy atom. The number of nitrogens with zero attached hydrogens (tertiary/aromatic N) is 4. The summed E-state index contributed by atoms with van der Waals surface area (Å²) in [4.78, 5) is 6.85. The van der Waals surface area contributed by atoms with Gasteiger partial charge in [-0.05, 0) is 46.7 Å². The summed E-state index contributed by atoms with van der Waals surface area (Å²) in [5, 5.41) is 7.79. The van der Waals surface area contributed by atoms with E-state index in [4.69, 9.17) is 0 Å². The molecule has 0 amide bonds. The predicted molar refractivity (Wildman–Crippen MR) is 72.4 cm³/mol. The summed E-state index contributed by atoms with van der Waals surface area (Å²) < 4.78 is 1.98. The highest BCUT2D eigenvalue weighted by molar-refractivity contribution is 4.87. The van der Waals surface area contributed by atoms with Gasteiger partial charge >= 0.3 is 0 Å². The molecule has 0 aliphatic carbocycles. The van der Waals surface area contributed by atoms with Crippen LogP contribution in [0.2, 0.25) is 0 Å². The van der Waals surface area contributed by atoms with E-state index < -0.39 is 0 Å². The first-order valence-electron chi connectivity index (χ1n) is 7.01. The maximum absolute atomic E-state index is 4.32. The van der Waals surface area contributed by atoms with Crippen molar-refractivity contribution in [2.24, 2.45) is 0 Å². The Morgan fingerprint density at radius 3 is 2.67 bits per heavy atom. The molecule has 1 aromatic heterocycles. The molecule has 1 N–H and O–H groups in total. The van der Waals surface area contributed by atoms with Crippen LogP contribution in [0.3, 0.4) is 0 Å². The van der Waals surface area contributed by atoms with E-state index in [1.807, 2.05) is 4.68 Å². The summed E-state index contributed by atoms with van der Waals surface area (Å²) >= 11 is 0. The lowest BCUT2D eigenvalue weighted by Crippen LogP contribution is -2.38. The highest BCUT2D eigenvalue weighted by Crippen LogP contribution is 2.08. The van der Waals surface area contributed by atoms with Gasteiger partial charge in [0.15, 0.2) is 0 Å². The molecule has 0 aromatic carbocycles. The molecule has 1 unspecified atom stereocenters. The summed E-state index contributed by atoms with van der Waals surface area (Å²) in [6.45, 7) is 11.0. The smallest absolute Gasteiger partial charge is 0.141 e. The minimum atomic E-state index is 0.373. The van der Waals surface area contributed by atoms with Gasteiger partial charge in [0.1, 0.15) is 12.2 Å². The number of hydrogen-bond acceptors (Lipinski definition) is 4.